The Bertz CT molecular complexity index is 625. The molecule has 5 nitrogen and oxygen atoms in total. The van der Waals surface area contributed by atoms with E-state index in [1.54, 1.807) is 7.11 Å². The number of nitrogens with zero attached hydrogens (tertiary/aromatic N) is 1. The quantitative estimate of drug-likeness (QED) is 0.596. The standard InChI is InChI=1S/C22H32ClNO4/c1-26-13-14-27-19-9-11-24(12-10-19)22(25)16-28-21-8-7-18(23)15-20(21)17-5-3-2-4-6-17/h7-8,15,17,19H,2-6,9-14,16H2,1H3. The number of amides is 1. The summed E-state index contributed by atoms with van der Waals surface area (Å²) in [6.07, 6.45) is 8.08. The second-order valence-electron chi connectivity index (χ2n) is 7.75. The van der Waals surface area contributed by atoms with E-state index < -0.39 is 0 Å². The van der Waals surface area contributed by atoms with E-state index in [2.05, 4.69) is 0 Å². The molecule has 1 aromatic carbocycles. The lowest BCUT2D eigenvalue weighted by Gasteiger charge is -2.32. The molecule has 6 heteroatoms. The number of benzene rings is 1. The third-order valence-corrected chi connectivity index (χ3v) is 6.04. The molecule has 0 aromatic heterocycles. The Morgan fingerprint density at radius 1 is 1.11 bits per heavy atom. The number of rotatable bonds is 8. The van der Waals surface area contributed by atoms with Crippen LogP contribution in [-0.2, 0) is 14.3 Å². The van der Waals surface area contributed by atoms with E-state index in [4.69, 9.17) is 25.8 Å². The molecule has 1 heterocycles. The van der Waals surface area contributed by atoms with Gasteiger partial charge in [0.1, 0.15) is 5.75 Å². The minimum absolute atomic E-state index is 0.0416. The van der Waals surface area contributed by atoms with Crippen LogP contribution in [0.5, 0.6) is 5.75 Å². The van der Waals surface area contributed by atoms with Crippen LogP contribution in [0.25, 0.3) is 0 Å². The fourth-order valence-electron chi connectivity index (χ4n) is 4.18. The zero-order valence-electron chi connectivity index (χ0n) is 16.8. The highest BCUT2D eigenvalue weighted by atomic mass is 35.5. The lowest BCUT2D eigenvalue weighted by Crippen LogP contribution is -2.43. The van der Waals surface area contributed by atoms with Crippen molar-refractivity contribution >= 4 is 17.5 Å². The third kappa shape index (κ3) is 6.10. The van der Waals surface area contributed by atoms with Gasteiger partial charge in [-0.05, 0) is 55.4 Å². The van der Waals surface area contributed by atoms with Gasteiger partial charge in [-0.15, -0.1) is 0 Å². The minimum atomic E-state index is 0.0416. The van der Waals surface area contributed by atoms with Crippen LogP contribution in [0.4, 0.5) is 0 Å². The molecule has 0 bridgehead atoms. The molecule has 0 unspecified atom stereocenters. The van der Waals surface area contributed by atoms with Gasteiger partial charge in [0.15, 0.2) is 6.61 Å². The van der Waals surface area contributed by atoms with Crippen LogP contribution < -0.4 is 4.74 Å². The van der Waals surface area contributed by atoms with Crippen LogP contribution in [0.3, 0.4) is 0 Å². The van der Waals surface area contributed by atoms with Gasteiger partial charge in [0, 0.05) is 25.2 Å². The normalized spacial score (nSPS) is 19.0. The van der Waals surface area contributed by atoms with E-state index in [1.807, 2.05) is 23.1 Å². The highest BCUT2D eigenvalue weighted by Gasteiger charge is 2.24. The molecule has 156 valence electrons. The molecule has 1 aromatic rings. The molecular formula is C22H32ClNO4. The summed E-state index contributed by atoms with van der Waals surface area (Å²) < 4.78 is 16.7. The summed E-state index contributed by atoms with van der Waals surface area (Å²) in [7, 11) is 1.67. The van der Waals surface area contributed by atoms with E-state index >= 15 is 0 Å². The number of methoxy groups -OCH3 is 1. The Morgan fingerprint density at radius 2 is 1.86 bits per heavy atom. The van der Waals surface area contributed by atoms with Crippen LogP contribution in [-0.4, -0.2) is 56.9 Å². The predicted molar refractivity (Wildman–Crippen MR) is 110 cm³/mol. The zero-order chi connectivity index (χ0) is 19.8. The first-order valence-corrected chi connectivity index (χ1v) is 10.9. The molecule has 2 aliphatic rings. The smallest absolute Gasteiger partial charge is 0.260 e. The van der Waals surface area contributed by atoms with E-state index in [9.17, 15) is 4.79 Å². The first kappa shape index (κ1) is 21.4. The molecule has 28 heavy (non-hydrogen) atoms. The number of carbonyl (C=O) groups excluding carboxylic acids is 1. The molecule has 0 spiro atoms. The summed E-state index contributed by atoms with van der Waals surface area (Å²) in [5, 5.41) is 0.731. The topological polar surface area (TPSA) is 48.0 Å². The van der Waals surface area contributed by atoms with Crippen molar-refractivity contribution in [3.05, 3.63) is 28.8 Å². The van der Waals surface area contributed by atoms with Gasteiger partial charge >= 0.3 is 0 Å². The number of hydrogen-bond acceptors (Lipinski definition) is 4. The van der Waals surface area contributed by atoms with Gasteiger partial charge in [-0.3, -0.25) is 4.79 Å². The minimum Gasteiger partial charge on any atom is -0.483 e. The van der Waals surface area contributed by atoms with E-state index in [0.717, 1.165) is 42.3 Å². The first-order chi connectivity index (χ1) is 13.7. The molecule has 1 saturated heterocycles. The van der Waals surface area contributed by atoms with Gasteiger partial charge in [0.2, 0.25) is 0 Å². The molecule has 3 rings (SSSR count). The van der Waals surface area contributed by atoms with Crippen LogP contribution >= 0.6 is 11.6 Å². The monoisotopic (exact) mass is 409 g/mol. The van der Waals surface area contributed by atoms with Crippen molar-refractivity contribution in [3.8, 4) is 5.75 Å². The van der Waals surface area contributed by atoms with Crippen molar-refractivity contribution in [2.45, 2.75) is 57.0 Å². The Balaban J connectivity index is 1.50. The fourth-order valence-corrected chi connectivity index (χ4v) is 4.36. The lowest BCUT2D eigenvalue weighted by molar-refractivity contribution is -0.136. The molecule has 2 fully saturated rings. The van der Waals surface area contributed by atoms with Gasteiger partial charge < -0.3 is 19.1 Å². The molecule has 0 N–H and O–H groups in total. The number of carbonyl (C=O) groups is 1. The molecule has 1 saturated carbocycles. The van der Waals surface area contributed by atoms with Crippen molar-refractivity contribution < 1.29 is 19.0 Å². The van der Waals surface area contributed by atoms with Gasteiger partial charge in [0.05, 0.1) is 19.3 Å². The maximum absolute atomic E-state index is 12.6. The fraction of sp³-hybridized carbons (Fsp3) is 0.682. The van der Waals surface area contributed by atoms with Crippen molar-refractivity contribution in [1.29, 1.82) is 0 Å². The van der Waals surface area contributed by atoms with Gasteiger partial charge in [-0.25, -0.2) is 0 Å². The molecule has 0 atom stereocenters. The maximum atomic E-state index is 12.6. The number of piperidine rings is 1. The van der Waals surface area contributed by atoms with Crippen LogP contribution in [0, 0.1) is 0 Å². The highest BCUT2D eigenvalue weighted by molar-refractivity contribution is 6.30. The SMILES string of the molecule is COCCOC1CCN(C(=O)COc2ccc(Cl)cc2C2CCCCC2)CC1. The Hall–Kier alpha value is -1.30. The number of hydrogen-bond donors (Lipinski definition) is 0. The predicted octanol–water partition coefficient (Wildman–Crippen LogP) is 4.42. The molecule has 0 radical (unpaired) electrons. The van der Waals surface area contributed by atoms with E-state index in [0.29, 0.717) is 19.1 Å². The Kier molecular flexibility index (Phi) is 8.44. The van der Waals surface area contributed by atoms with Crippen LogP contribution in [0.2, 0.25) is 5.02 Å². The second-order valence-corrected chi connectivity index (χ2v) is 8.19. The number of likely N-dealkylation sites (tertiary alicyclic amines) is 1. The Morgan fingerprint density at radius 3 is 2.57 bits per heavy atom. The summed E-state index contributed by atoms with van der Waals surface area (Å²) in [6, 6.07) is 5.77. The highest BCUT2D eigenvalue weighted by Crippen LogP contribution is 2.38. The summed E-state index contributed by atoms with van der Waals surface area (Å²) in [4.78, 5) is 14.5. The van der Waals surface area contributed by atoms with E-state index in [1.165, 1.54) is 32.1 Å². The van der Waals surface area contributed by atoms with Gasteiger partial charge in [-0.2, -0.15) is 0 Å². The van der Waals surface area contributed by atoms with Gasteiger partial charge in [0.25, 0.3) is 5.91 Å². The number of halogens is 1. The first-order valence-electron chi connectivity index (χ1n) is 10.5. The second kappa shape index (κ2) is 11.0. The number of ether oxygens (including phenoxy) is 3. The average molecular weight is 410 g/mol. The van der Waals surface area contributed by atoms with Crippen molar-refractivity contribution in [2.75, 3.05) is 40.0 Å². The third-order valence-electron chi connectivity index (χ3n) is 5.80. The van der Waals surface area contributed by atoms with Crippen molar-refractivity contribution in [3.63, 3.8) is 0 Å². The van der Waals surface area contributed by atoms with Crippen molar-refractivity contribution in [2.24, 2.45) is 0 Å². The van der Waals surface area contributed by atoms with E-state index in [-0.39, 0.29) is 18.6 Å². The maximum Gasteiger partial charge on any atom is 0.260 e. The molecule has 1 aliphatic carbocycles. The summed E-state index contributed by atoms with van der Waals surface area (Å²) in [5.74, 6) is 1.33. The molecule has 1 aliphatic heterocycles. The van der Waals surface area contributed by atoms with Crippen LogP contribution in [0.15, 0.2) is 18.2 Å². The van der Waals surface area contributed by atoms with Crippen LogP contribution in [0.1, 0.15) is 56.4 Å². The van der Waals surface area contributed by atoms with Crippen molar-refractivity contribution in [1.82, 2.24) is 4.90 Å². The van der Waals surface area contributed by atoms with Gasteiger partial charge in [-0.1, -0.05) is 30.9 Å². The molecule has 1 amide bonds. The summed E-state index contributed by atoms with van der Waals surface area (Å²) in [6.45, 7) is 2.73. The zero-order valence-corrected chi connectivity index (χ0v) is 17.6. The average Bonchev–Trinajstić information content (AvgIpc) is 2.74. The largest absolute Gasteiger partial charge is 0.483 e. The summed E-state index contributed by atoms with van der Waals surface area (Å²) >= 11 is 6.23. The Labute approximate surface area is 173 Å². The lowest BCUT2D eigenvalue weighted by atomic mass is 9.84. The molecular weight excluding hydrogens is 378 g/mol. The summed E-state index contributed by atoms with van der Waals surface area (Å²) in [5.41, 5.74) is 1.16.